The Morgan fingerprint density at radius 3 is 2.85 bits per heavy atom. The van der Waals surface area contributed by atoms with Crippen LogP contribution in [-0.4, -0.2) is 24.5 Å². The van der Waals surface area contributed by atoms with Gasteiger partial charge < -0.3 is 0 Å². The Kier molecular flexibility index (Phi) is 4.23. The summed E-state index contributed by atoms with van der Waals surface area (Å²) in [6.07, 6.45) is 9.27. The largest absolute Gasteiger partial charge is 0.300 e. The lowest BCUT2D eigenvalue weighted by Crippen LogP contribution is -2.26. The van der Waals surface area contributed by atoms with Crippen LogP contribution in [0.25, 0.3) is 0 Å². The molecular formula is C12H21N. The van der Waals surface area contributed by atoms with Gasteiger partial charge in [0.05, 0.1) is 0 Å². The Bertz CT molecular complexity index is 193. The Morgan fingerprint density at radius 2 is 2.38 bits per heavy atom. The molecule has 1 heteroatoms. The maximum atomic E-state index is 3.78. The summed E-state index contributed by atoms with van der Waals surface area (Å²) in [5.41, 5.74) is 1.57. The lowest BCUT2D eigenvalue weighted by Gasteiger charge is -2.22. The first kappa shape index (κ1) is 10.5. The van der Waals surface area contributed by atoms with Crippen LogP contribution in [0.5, 0.6) is 0 Å². The molecule has 1 aliphatic rings. The summed E-state index contributed by atoms with van der Waals surface area (Å²) in [5, 5.41) is 0. The highest BCUT2D eigenvalue weighted by molar-refractivity contribution is 5.18. The summed E-state index contributed by atoms with van der Waals surface area (Å²) in [5.74, 6) is 0. The van der Waals surface area contributed by atoms with Gasteiger partial charge in [-0.15, -0.1) is 0 Å². The van der Waals surface area contributed by atoms with E-state index < -0.39 is 0 Å². The first-order valence-electron chi connectivity index (χ1n) is 5.31. The smallest absolute Gasteiger partial charge is 0.0308 e. The fraction of sp³-hybridized carbons (Fsp3) is 0.667. The highest BCUT2D eigenvalue weighted by Gasteiger charge is 2.23. The normalized spacial score (nSPS) is 25.1. The van der Waals surface area contributed by atoms with Gasteiger partial charge in [-0.1, -0.05) is 37.6 Å². The van der Waals surface area contributed by atoms with Crippen LogP contribution in [0.2, 0.25) is 0 Å². The molecule has 0 aromatic rings. The van der Waals surface area contributed by atoms with E-state index in [4.69, 9.17) is 0 Å². The molecule has 1 unspecified atom stereocenters. The molecule has 1 rings (SSSR count). The summed E-state index contributed by atoms with van der Waals surface area (Å²) >= 11 is 0. The van der Waals surface area contributed by atoms with Crippen molar-refractivity contribution >= 4 is 0 Å². The van der Waals surface area contributed by atoms with Crippen LogP contribution in [0, 0.1) is 0 Å². The molecule has 0 aromatic heterocycles. The minimum absolute atomic E-state index is 0.693. The predicted molar refractivity (Wildman–Crippen MR) is 58.8 cm³/mol. The van der Waals surface area contributed by atoms with Crippen LogP contribution in [0.1, 0.15) is 32.6 Å². The van der Waals surface area contributed by atoms with Crippen LogP contribution < -0.4 is 0 Å². The SMILES string of the molecule is C=C/C=C(\CCC)C1CCCN1C. The fourth-order valence-corrected chi connectivity index (χ4v) is 2.18. The molecule has 0 saturated carbocycles. The second-order valence-electron chi connectivity index (χ2n) is 3.87. The number of nitrogens with zero attached hydrogens (tertiary/aromatic N) is 1. The molecule has 0 bridgehead atoms. The second-order valence-corrected chi connectivity index (χ2v) is 3.87. The van der Waals surface area contributed by atoms with Gasteiger partial charge in [0.1, 0.15) is 0 Å². The molecule has 1 aliphatic heterocycles. The van der Waals surface area contributed by atoms with Gasteiger partial charge in [-0.25, -0.2) is 0 Å². The zero-order valence-electron chi connectivity index (χ0n) is 8.92. The van der Waals surface area contributed by atoms with E-state index in [1.54, 1.807) is 5.57 Å². The van der Waals surface area contributed by atoms with Crippen LogP contribution >= 0.6 is 0 Å². The lowest BCUT2D eigenvalue weighted by molar-refractivity contribution is 0.339. The number of likely N-dealkylation sites (N-methyl/N-ethyl adjacent to an activating group) is 1. The Labute approximate surface area is 82.1 Å². The number of likely N-dealkylation sites (tertiary alicyclic amines) is 1. The van der Waals surface area contributed by atoms with Crippen molar-refractivity contribution in [3.05, 3.63) is 24.3 Å². The van der Waals surface area contributed by atoms with E-state index in [1.165, 1.54) is 32.2 Å². The van der Waals surface area contributed by atoms with E-state index >= 15 is 0 Å². The lowest BCUT2D eigenvalue weighted by atomic mass is 10.00. The van der Waals surface area contributed by atoms with Gasteiger partial charge in [0.25, 0.3) is 0 Å². The van der Waals surface area contributed by atoms with Gasteiger partial charge in [0.15, 0.2) is 0 Å². The molecule has 1 atom stereocenters. The molecule has 0 N–H and O–H groups in total. The third-order valence-corrected chi connectivity index (χ3v) is 2.82. The van der Waals surface area contributed by atoms with E-state index in [0.717, 1.165) is 0 Å². The Balaban J connectivity index is 2.63. The summed E-state index contributed by atoms with van der Waals surface area (Å²) in [4.78, 5) is 2.46. The van der Waals surface area contributed by atoms with Crippen molar-refractivity contribution in [1.29, 1.82) is 0 Å². The average molecular weight is 179 g/mol. The van der Waals surface area contributed by atoms with E-state index in [1.807, 2.05) is 6.08 Å². The number of allylic oxidation sites excluding steroid dienone is 2. The quantitative estimate of drug-likeness (QED) is 0.600. The molecule has 13 heavy (non-hydrogen) atoms. The van der Waals surface area contributed by atoms with Crippen LogP contribution in [0.15, 0.2) is 24.3 Å². The molecule has 0 amide bonds. The van der Waals surface area contributed by atoms with Crippen molar-refractivity contribution in [3.63, 3.8) is 0 Å². The average Bonchev–Trinajstić information content (AvgIpc) is 2.51. The van der Waals surface area contributed by atoms with Crippen LogP contribution in [0.3, 0.4) is 0 Å². The second kappa shape index (κ2) is 5.23. The van der Waals surface area contributed by atoms with Crippen molar-refractivity contribution in [3.8, 4) is 0 Å². The zero-order valence-corrected chi connectivity index (χ0v) is 8.92. The first-order valence-corrected chi connectivity index (χ1v) is 5.31. The minimum Gasteiger partial charge on any atom is -0.300 e. The van der Waals surface area contributed by atoms with Gasteiger partial charge in [-0.2, -0.15) is 0 Å². The van der Waals surface area contributed by atoms with Crippen molar-refractivity contribution < 1.29 is 0 Å². The van der Waals surface area contributed by atoms with Gasteiger partial charge in [0.2, 0.25) is 0 Å². The van der Waals surface area contributed by atoms with Crippen molar-refractivity contribution in [2.24, 2.45) is 0 Å². The molecule has 0 radical (unpaired) electrons. The van der Waals surface area contributed by atoms with Gasteiger partial charge in [-0.3, -0.25) is 4.90 Å². The Hall–Kier alpha value is -0.560. The fourth-order valence-electron chi connectivity index (χ4n) is 2.18. The number of rotatable bonds is 4. The summed E-state index contributed by atoms with van der Waals surface area (Å²) in [6, 6.07) is 0.693. The summed E-state index contributed by atoms with van der Waals surface area (Å²) < 4.78 is 0. The maximum absolute atomic E-state index is 3.78. The number of hydrogen-bond donors (Lipinski definition) is 0. The monoisotopic (exact) mass is 179 g/mol. The van der Waals surface area contributed by atoms with Crippen LogP contribution in [-0.2, 0) is 0 Å². The van der Waals surface area contributed by atoms with Crippen LogP contribution in [0.4, 0.5) is 0 Å². The molecule has 1 saturated heterocycles. The molecular weight excluding hydrogens is 158 g/mol. The number of hydrogen-bond acceptors (Lipinski definition) is 1. The third kappa shape index (κ3) is 2.70. The maximum Gasteiger partial charge on any atom is 0.0308 e. The summed E-state index contributed by atoms with van der Waals surface area (Å²) in [7, 11) is 2.23. The highest BCUT2D eigenvalue weighted by atomic mass is 15.1. The van der Waals surface area contributed by atoms with E-state index in [9.17, 15) is 0 Å². The molecule has 1 nitrogen and oxygen atoms in total. The molecule has 0 aromatic carbocycles. The molecule has 0 aliphatic carbocycles. The van der Waals surface area contributed by atoms with E-state index in [0.29, 0.717) is 6.04 Å². The standard InChI is InChI=1S/C12H21N/c1-4-7-11(8-5-2)12-9-6-10-13(12)3/h4,7,12H,1,5-6,8-10H2,2-3H3/b11-7+. The van der Waals surface area contributed by atoms with Gasteiger partial charge in [-0.05, 0) is 32.9 Å². The topological polar surface area (TPSA) is 3.24 Å². The molecule has 74 valence electrons. The minimum atomic E-state index is 0.693. The summed E-state index contributed by atoms with van der Waals surface area (Å²) in [6.45, 7) is 7.28. The van der Waals surface area contributed by atoms with E-state index in [-0.39, 0.29) is 0 Å². The van der Waals surface area contributed by atoms with E-state index in [2.05, 4.69) is 31.5 Å². The van der Waals surface area contributed by atoms with Crippen molar-refractivity contribution in [2.75, 3.05) is 13.6 Å². The third-order valence-electron chi connectivity index (χ3n) is 2.82. The Morgan fingerprint density at radius 1 is 1.62 bits per heavy atom. The zero-order chi connectivity index (χ0) is 9.68. The predicted octanol–water partition coefficient (Wildman–Crippen LogP) is 2.99. The highest BCUT2D eigenvalue weighted by Crippen LogP contribution is 2.24. The van der Waals surface area contributed by atoms with Gasteiger partial charge >= 0.3 is 0 Å². The molecule has 0 spiro atoms. The molecule has 1 fully saturated rings. The molecule has 1 heterocycles. The van der Waals surface area contributed by atoms with Crippen molar-refractivity contribution in [1.82, 2.24) is 4.90 Å². The van der Waals surface area contributed by atoms with Gasteiger partial charge in [0, 0.05) is 6.04 Å². The first-order chi connectivity index (χ1) is 6.29. The van der Waals surface area contributed by atoms with Crippen molar-refractivity contribution in [2.45, 2.75) is 38.6 Å².